The van der Waals surface area contributed by atoms with Gasteiger partial charge in [-0.25, -0.2) is 4.79 Å². The summed E-state index contributed by atoms with van der Waals surface area (Å²) in [5.74, 6) is -0.0800. The molecule has 1 rings (SSSR count). The number of carboxylic acid groups (broad SMARTS) is 1. The van der Waals surface area contributed by atoms with Gasteiger partial charge in [-0.1, -0.05) is 0 Å². The fourth-order valence-corrected chi connectivity index (χ4v) is 1.49. The van der Waals surface area contributed by atoms with Crippen LogP contribution in [0.2, 0.25) is 0 Å². The minimum absolute atomic E-state index is 0.512. The fourth-order valence-electron chi connectivity index (χ4n) is 1.49. The van der Waals surface area contributed by atoms with Gasteiger partial charge in [-0.15, -0.1) is 0 Å². The third-order valence-corrected chi connectivity index (χ3v) is 2.34. The third-order valence-electron chi connectivity index (χ3n) is 2.34. The van der Waals surface area contributed by atoms with E-state index < -0.39 is 5.97 Å². The van der Waals surface area contributed by atoms with Gasteiger partial charge in [-0.3, -0.25) is 0 Å². The molecule has 92 valence electrons. The molecule has 4 heteroatoms. The number of methoxy groups -OCH3 is 1. The molecule has 17 heavy (non-hydrogen) atoms. The van der Waals surface area contributed by atoms with E-state index in [1.54, 1.807) is 14.0 Å². The number of nitrogens with one attached hydrogen (secondary N) is 1. The summed E-state index contributed by atoms with van der Waals surface area (Å²) >= 11 is 0. The lowest BCUT2D eigenvalue weighted by molar-refractivity contribution is -0.131. The second kappa shape index (κ2) is 5.94. The number of aryl methyl sites for hydroxylation is 1. The van der Waals surface area contributed by atoms with Crippen LogP contribution in [0.15, 0.2) is 29.8 Å². The standard InChI is InChI=1S/C13H17NO3/c1-9(6-13(15)16)8-14-11-4-5-12(17-3)10(2)7-11/h4-7,14H,8H2,1-3H3,(H,15,16)/b9-6+. The first-order chi connectivity index (χ1) is 8.02. The molecule has 0 bridgehead atoms. The van der Waals surface area contributed by atoms with Crippen molar-refractivity contribution in [2.45, 2.75) is 13.8 Å². The fraction of sp³-hybridized carbons (Fsp3) is 0.308. The molecule has 1 aromatic carbocycles. The summed E-state index contributed by atoms with van der Waals surface area (Å²) < 4.78 is 5.16. The second-order valence-electron chi connectivity index (χ2n) is 3.87. The molecule has 0 fully saturated rings. The maximum atomic E-state index is 10.4. The number of aliphatic carboxylic acids is 1. The number of hydrogen-bond acceptors (Lipinski definition) is 3. The summed E-state index contributed by atoms with van der Waals surface area (Å²) in [6, 6.07) is 5.75. The number of rotatable bonds is 5. The molecular formula is C13H17NO3. The number of anilines is 1. The van der Waals surface area contributed by atoms with E-state index in [-0.39, 0.29) is 0 Å². The predicted molar refractivity (Wildman–Crippen MR) is 67.6 cm³/mol. The molecule has 0 saturated heterocycles. The predicted octanol–water partition coefficient (Wildman–Crippen LogP) is 2.45. The van der Waals surface area contributed by atoms with Gasteiger partial charge in [0.25, 0.3) is 0 Å². The lowest BCUT2D eigenvalue weighted by atomic mass is 10.2. The summed E-state index contributed by atoms with van der Waals surface area (Å²) in [6.07, 6.45) is 1.20. The van der Waals surface area contributed by atoms with Crippen LogP contribution in [0.5, 0.6) is 5.75 Å². The highest BCUT2D eigenvalue weighted by atomic mass is 16.5. The number of carboxylic acids is 1. The molecule has 0 unspecified atom stereocenters. The Morgan fingerprint density at radius 3 is 2.76 bits per heavy atom. The Hall–Kier alpha value is -1.97. The van der Waals surface area contributed by atoms with Crippen molar-refractivity contribution in [3.05, 3.63) is 35.4 Å². The van der Waals surface area contributed by atoms with Crippen LogP contribution in [0.4, 0.5) is 5.69 Å². The maximum absolute atomic E-state index is 10.4. The molecule has 0 atom stereocenters. The van der Waals surface area contributed by atoms with E-state index in [2.05, 4.69) is 5.32 Å². The molecule has 2 N–H and O–H groups in total. The first-order valence-electron chi connectivity index (χ1n) is 5.31. The van der Waals surface area contributed by atoms with Crippen LogP contribution in [0.1, 0.15) is 12.5 Å². The molecule has 0 saturated carbocycles. The maximum Gasteiger partial charge on any atom is 0.328 e. The van der Waals surface area contributed by atoms with Crippen LogP contribution in [-0.2, 0) is 4.79 Å². The Labute approximate surface area is 101 Å². The summed E-state index contributed by atoms with van der Waals surface area (Å²) in [5, 5.41) is 11.7. The topological polar surface area (TPSA) is 58.6 Å². The molecule has 0 aliphatic heterocycles. The van der Waals surface area contributed by atoms with Crippen molar-refractivity contribution in [1.82, 2.24) is 0 Å². The van der Waals surface area contributed by atoms with Crippen molar-refractivity contribution in [2.24, 2.45) is 0 Å². The lowest BCUT2D eigenvalue weighted by Crippen LogP contribution is -2.04. The number of ether oxygens (including phenoxy) is 1. The van der Waals surface area contributed by atoms with E-state index in [0.29, 0.717) is 6.54 Å². The van der Waals surface area contributed by atoms with Gasteiger partial charge in [0, 0.05) is 18.3 Å². The van der Waals surface area contributed by atoms with Crippen LogP contribution in [0, 0.1) is 6.92 Å². The molecule has 0 radical (unpaired) electrons. The summed E-state index contributed by atoms with van der Waals surface area (Å²) in [7, 11) is 1.63. The van der Waals surface area contributed by atoms with Crippen molar-refractivity contribution in [3.8, 4) is 5.75 Å². The van der Waals surface area contributed by atoms with Gasteiger partial charge < -0.3 is 15.2 Å². The summed E-state index contributed by atoms with van der Waals surface area (Å²) in [6.45, 7) is 4.25. The highest BCUT2D eigenvalue weighted by Crippen LogP contribution is 2.21. The Morgan fingerprint density at radius 2 is 2.24 bits per heavy atom. The van der Waals surface area contributed by atoms with Gasteiger partial charge in [0.1, 0.15) is 5.75 Å². The zero-order chi connectivity index (χ0) is 12.8. The Bertz CT molecular complexity index is 438. The van der Waals surface area contributed by atoms with E-state index in [1.807, 2.05) is 25.1 Å². The van der Waals surface area contributed by atoms with Crippen LogP contribution in [0.3, 0.4) is 0 Å². The van der Waals surface area contributed by atoms with E-state index in [1.165, 1.54) is 6.08 Å². The van der Waals surface area contributed by atoms with Crippen molar-refractivity contribution >= 4 is 11.7 Å². The smallest absolute Gasteiger partial charge is 0.328 e. The molecule has 1 aromatic rings. The third kappa shape index (κ3) is 4.18. The average molecular weight is 235 g/mol. The molecule has 4 nitrogen and oxygen atoms in total. The van der Waals surface area contributed by atoms with E-state index in [0.717, 1.165) is 22.6 Å². The Kier molecular flexibility index (Phi) is 4.57. The van der Waals surface area contributed by atoms with Crippen LogP contribution >= 0.6 is 0 Å². The molecular weight excluding hydrogens is 218 g/mol. The van der Waals surface area contributed by atoms with Crippen LogP contribution < -0.4 is 10.1 Å². The first-order valence-corrected chi connectivity index (χ1v) is 5.31. The van der Waals surface area contributed by atoms with E-state index in [4.69, 9.17) is 9.84 Å². The van der Waals surface area contributed by atoms with Gasteiger partial charge >= 0.3 is 5.97 Å². The second-order valence-corrected chi connectivity index (χ2v) is 3.87. The molecule has 0 amide bonds. The zero-order valence-electron chi connectivity index (χ0n) is 10.3. The monoisotopic (exact) mass is 235 g/mol. The van der Waals surface area contributed by atoms with Gasteiger partial charge in [0.2, 0.25) is 0 Å². The first kappa shape index (κ1) is 13.1. The van der Waals surface area contributed by atoms with E-state index in [9.17, 15) is 4.79 Å². The Morgan fingerprint density at radius 1 is 1.53 bits per heavy atom. The number of benzene rings is 1. The molecule has 0 aliphatic carbocycles. The normalized spacial score (nSPS) is 11.1. The molecule has 0 aliphatic rings. The highest BCUT2D eigenvalue weighted by Gasteiger charge is 2.00. The van der Waals surface area contributed by atoms with Crippen molar-refractivity contribution in [2.75, 3.05) is 19.0 Å². The largest absolute Gasteiger partial charge is 0.496 e. The minimum Gasteiger partial charge on any atom is -0.496 e. The van der Waals surface area contributed by atoms with E-state index >= 15 is 0 Å². The number of carbonyl (C=O) groups is 1. The van der Waals surface area contributed by atoms with Crippen LogP contribution in [0.25, 0.3) is 0 Å². The van der Waals surface area contributed by atoms with Gasteiger partial charge in [0.05, 0.1) is 7.11 Å². The van der Waals surface area contributed by atoms with Gasteiger partial charge in [-0.2, -0.15) is 0 Å². The average Bonchev–Trinajstić information content (AvgIpc) is 2.25. The van der Waals surface area contributed by atoms with Crippen molar-refractivity contribution < 1.29 is 14.6 Å². The van der Waals surface area contributed by atoms with Crippen LogP contribution in [-0.4, -0.2) is 24.7 Å². The molecule has 0 spiro atoms. The molecule has 0 heterocycles. The quantitative estimate of drug-likeness (QED) is 0.770. The zero-order valence-corrected chi connectivity index (χ0v) is 10.3. The minimum atomic E-state index is -0.921. The Balaban J connectivity index is 2.64. The summed E-state index contributed by atoms with van der Waals surface area (Å²) in [4.78, 5) is 10.4. The SMILES string of the molecule is COc1ccc(NC/C(C)=C/C(=O)O)cc1C. The summed E-state index contributed by atoms with van der Waals surface area (Å²) in [5.41, 5.74) is 2.75. The van der Waals surface area contributed by atoms with Gasteiger partial charge in [0.15, 0.2) is 0 Å². The lowest BCUT2D eigenvalue weighted by Gasteiger charge is -2.09. The highest BCUT2D eigenvalue weighted by molar-refractivity contribution is 5.80. The van der Waals surface area contributed by atoms with Crippen molar-refractivity contribution in [3.63, 3.8) is 0 Å². The van der Waals surface area contributed by atoms with Gasteiger partial charge in [-0.05, 0) is 43.2 Å². The number of hydrogen-bond donors (Lipinski definition) is 2. The molecule has 0 aromatic heterocycles. The van der Waals surface area contributed by atoms with Crippen molar-refractivity contribution in [1.29, 1.82) is 0 Å².